The van der Waals surface area contributed by atoms with E-state index in [9.17, 15) is 23.9 Å². The number of aliphatic carboxylic acids is 1. The van der Waals surface area contributed by atoms with E-state index in [-0.39, 0.29) is 37.9 Å². The lowest BCUT2D eigenvalue weighted by Crippen LogP contribution is -2.35. The zero-order chi connectivity index (χ0) is 31.5. The van der Waals surface area contributed by atoms with Crippen molar-refractivity contribution in [1.29, 1.82) is 0 Å². The maximum absolute atomic E-state index is 14.0. The molecule has 0 spiro atoms. The van der Waals surface area contributed by atoms with Gasteiger partial charge in [-0.25, -0.2) is 4.39 Å². The van der Waals surface area contributed by atoms with Gasteiger partial charge in [0.15, 0.2) is 11.5 Å². The molecule has 4 aromatic carbocycles. The molecular formula is C35H35FN2O6. The molecule has 0 bridgehead atoms. The number of hydrogen-bond acceptors (Lipinski definition) is 5. The van der Waals surface area contributed by atoms with Crippen LogP contribution in [-0.2, 0) is 17.8 Å². The van der Waals surface area contributed by atoms with Crippen molar-refractivity contribution in [3.05, 3.63) is 119 Å². The second-order valence-electron chi connectivity index (χ2n) is 10.0. The van der Waals surface area contributed by atoms with Crippen molar-refractivity contribution in [1.82, 2.24) is 10.2 Å². The average molecular weight is 599 g/mol. The number of amides is 2. The van der Waals surface area contributed by atoms with Crippen LogP contribution in [0.3, 0.4) is 0 Å². The average Bonchev–Trinajstić information content (AvgIpc) is 3.04. The summed E-state index contributed by atoms with van der Waals surface area (Å²) in [4.78, 5) is 40.3. The normalized spacial score (nSPS) is 10.6. The van der Waals surface area contributed by atoms with Gasteiger partial charge in [0.05, 0.1) is 20.1 Å². The lowest BCUT2D eigenvalue weighted by atomic mass is 9.94. The lowest BCUT2D eigenvalue weighted by Gasteiger charge is -2.24. The van der Waals surface area contributed by atoms with Gasteiger partial charge in [0.1, 0.15) is 5.82 Å². The highest BCUT2D eigenvalue weighted by atomic mass is 19.1. The highest BCUT2D eigenvalue weighted by molar-refractivity contribution is 6.06. The fourth-order valence-electron chi connectivity index (χ4n) is 4.87. The summed E-state index contributed by atoms with van der Waals surface area (Å²) >= 11 is 0. The molecule has 228 valence electrons. The number of carbonyl (C=O) groups excluding carboxylic acids is 2. The van der Waals surface area contributed by atoms with Gasteiger partial charge < -0.3 is 24.8 Å². The van der Waals surface area contributed by atoms with E-state index in [0.717, 1.165) is 5.56 Å². The van der Waals surface area contributed by atoms with Crippen LogP contribution in [0.2, 0.25) is 0 Å². The van der Waals surface area contributed by atoms with E-state index in [1.165, 1.54) is 17.0 Å². The Labute approximate surface area is 256 Å². The summed E-state index contributed by atoms with van der Waals surface area (Å²) in [5.41, 5.74) is 3.28. The van der Waals surface area contributed by atoms with Gasteiger partial charge in [0, 0.05) is 30.8 Å². The zero-order valence-corrected chi connectivity index (χ0v) is 24.7. The Morgan fingerprint density at radius 2 is 1.52 bits per heavy atom. The maximum Gasteiger partial charge on any atom is 0.305 e. The summed E-state index contributed by atoms with van der Waals surface area (Å²) in [7, 11) is 1.56. The molecule has 0 aliphatic carbocycles. The second kappa shape index (κ2) is 15.3. The van der Waals surface area contributed by atoms with Gasteiger partial charge >= 0.3 is 5.97 Å². The maximum atomic E-state index is 14.0. The predicted molar refractivity (Wildman–Crippen MR) is 165 cm³/mol. The topological polar surface area (TPSA) is 105 Å². The van der Waals surface area contributed by atoms with Gasteiger partial charge in [-0.05, 0) is 72.0 Å². The fraction of sp³-hybridized carbons (Fsp3) is 0.229. The van der Waals surface area contributed by atoms with Crippen molar-refractivity contribution in [2.24, 2.45) is 0 Å². The first-order chi connectivity index (χ1) is 21.3. The molecule has 0 fully saturated rings. The quantitative estimate of drug-likeness (QED) is 0.185. The highest BCUT2D eigenvalue weighted by Gasteiger charge is 2.23. The van der Waals surface area contributed by atoms with E-state index in [1.807, 2.05) is 25.1 Å². The van der Waals surface area contributed by atoms with E-state index in [4.69, 9.17) is 9.47 Å². The molecule has 0 radical (unpaired) electrons. The van der Waals surface area contributed by atoms with Crippen LogP contribution in [0.1, 0.15) is 45.2 Å². The first-order valence-corrected chi connectivity index (χ1v) is 14.3. The van der Waals surface area contributed by atoms with E-state index in [1.54, 1.807) is 67.8 Å². The van der Waals surface area contributed by atoms with Crippen LogP contribution in [0, 0.1) is 5.82 Å². The standard InChI is InChI=1S/C35H35FN2O6/c1-3-44-31-16-15-24(22-32(31)43-2)17-19-38(20-18-33(39)40)35(42)30-14-7-5-12-28(30)27-11-4-6-13-29(27)34(41)37-23-25-9-8-10-26(36)21-25/h4-16,21-22H,3,17-20,23H2,1-2H3,(H,37,41)(H,39,40). The number of hydrogen-bond donors (Lipinski definition) is 2. The van der Waals surface area contributed by atoms with Gasteiger partial charge in [-0.3, -0.25) is 14.4 Å². The summed E-state index contributed by atoms with van der Waals surface area (Å²) in [5.74, 6) is -0.942. The summed E-state index contributed by atoms with van der Waals surface area (Å²) in [5, 5.41) is 12.2. The van der Waals surface area contributed by atoms with Gasteiger partial charge in [0.2, 0.25) is 0 Å². The molecule has 4 rings (SSSR count). The minimum absolute atomic E-state index is 0.00638. The Morgan fingerprint density at radius 3 is 2.20 bits per heavy atom. The molecule has 8 nitrogen and oxygen atoms in total. The Morgan fingerprint density at radius 1 is 0.818 bits per heavy atom. The monoisotopic (exact) mass is 598 g/mol. The van der Waals surface area contributed by atoms with Crippen molar-refractivity contribution in [2.45, 2.75) is 26.3 Å². The van der Waals surface area contributed by atoms with Crippen LogP contribution >= 0.6 is 0 Å². The molecule has 44 heavy (non-hydrogen) atoms. The fourth-order valence-corrected chi connectivity index (χ4v) is 4.87. The number of carboxylic acids is 1. The minimum Gasteiger partial charge on any atom is -0.493 e. The van der Waals surface area contributed by atoms with Gasteiger partial charge in [-0.15, -0.1) is 0 Å². The molecule has 0 aliphatic heterocycles. The third kappa shape index (κ3) is 8.22. The number of nitrogens with one attached hydrogen (secondary N) is 1. The Bertz CT molecular complexity index is 1620. The lowest BCUT2D eigenvalue weighted by molar-refractivity contribution is -0.137. The van der Waals surface area contributed by atoms with Gasteiger partial charge in [0.25, 0.3) is 11.8 Å². The van der Waals surface area contributed by atoms with Gasteiger partial charge in [-0.2, -0.15) is 0 Å². The first kappa shape index (κ1) is 31.7. The number of carboxylic acid groups (broad SMARTS) is 1. The number of rotatable bonds is 14. The molecule has 0 heterocycles. The van der Waals surface area contributed by atoms with E-state index in [2.05, 4.69) is 5.32 Å². The van der Waals surface area contributed by atoms with Crippen molar-refractivity contribution >= 4 is 17.8 Å². The van der Waals surface area contributed by atoms with Gasteiger partial charge in [-0.1, -0.05) is 54.6 Å². The summed E-state index contributed by atoms with van der Waals surface area (Å²) < 4.78 is 24.7. The zero-order valence-electron chi connectivity index (χ0n) is 24.7. The largest absolute Gasteiger partial charge is 0.493 e. The Balaban J connectivity index is 1.59. The van der Waals surface area contributed by atoms with E-state index >= 15 is 0 Å². The summed E-state index contributed by atoms with van der Waals surface area (Å²) in [6.45, 7) is 2.77. The van der Waals surface area contributed by atoms with Crippen LogP contribution in [0.25, 0.3) is 11.1 Å². The molecule has 0 saturated heterocycles. The van der Waals surface area contributed by atoms with Crippen LogP contribution < -0.4 is 14.8 Å². The van der Waals surface area contributed by atoms with Crippen LogP contribution in [0.5, 0.6) is 11.5 Å². The third-order valence-electron chi connectivity index (χ3n) is 7.04. The van der Waals surface area contributed by atoms with Crippen molar-refractivity contribution < 1.29 is 33.4 Å². The molecular weight excluding hydrogens is 563 g/mol. The van der Waals surface area contributed by atoms with Crippen molar-refractivity contribution in [3.8, 4) is 22.6 Å². The summed E-state index contributed by atoms with van der Waals surface area (Å²) in [6.07, 6.45) is 0.231. The molecule has 0 unspecified atom stereocenters. The SMILES string of the molecule is CCOc1ccc(CCN(CCC(=O)O)C(=O)c2ccccc2-c2ccccc2C(=O)NCc2cccc(F)c2)cc1OC. The minimum atomic E-state index is -1.01. The van der Waals surface area contributed by atoms with Crippen LogP contribution in [-0.4, -0.2) is 54.6 Å². The number of methoxy groups -OCH3 is 1. The van der Waals surface area contributed by atoms with Crippen LogP contribution in [0.4, 0.5) is 4.39 Å². The number of halogens is 1. The highest BCUT2D eigenvalue weighted by Crippen LogP contribution is 2.30. The number of benzene rings is 4. The molecule has 0 saturated carbocycles. The molecule has 4 aromatic rings. The molecule has 9 heteroatoms. The van der Waals surface area contributed by atoms with Crippen LogP contribution in [0.15, 0.2) is 91.0 Å². The Hall–Kier alpha value is -5.18. The molecule has 0 aromatic heterocycles. The van der Waals surface area contributed by atoms with E-state index < -0.39 is 11.8 Å². The Kier molecular flexibility index (Phi) is 11.1. The summed E-state index contributed by atoms with van der Waals surface area (Å²) in [6, 6.07) is 25.4. The number of nitrogens with zero attached hydrogens (tertiary/aromatic N) is 1. The second-order valence-corrected chi connectivity index (χ2v) is 10.0. The van der Waals surface area contributed by atoms with Crippen molar-refractivity contribution in [2.75, 3.05) is 26.8 Å². The smallest absolute Gasteiger partial charge is 0.305 e. The third-order valence-corrected chi connectivity index (χ3v) is 7.04. The predicted octanol–water partition coefficient (Wildman–Crippen LogP) is 5.99. The van der Waals surface area contributed by atoms with Crippen molar-refractivity contribution in [3.63, 3.8) is 0 Å². The molecule has 2 N–H and O–H groups in total. The first-order valence-electron chi connectivity index (χ1n) is 14.3. The number of ether oxygens (including phenoxy) is 2. The number of carbonyl (C=O) groups is 3. The molecule has 0 aliphatic rings. The van der Waals surface area contributed by atoms with E-state index in [0.29, 0.717) is 52.3 Å². The molecule has 0 atom stereocenters. The molecule has 2 amide bonds.